The van der Waals surface area contributed by atoms with E-state index in [1.165, 1.54) is 43.7 Å². The van der Waals surface area contributed by atoms with E-state index in [2.05, 4.69) is 38.1 Å². The summed E-state index contributed by atoms with van der Waals surface area (Å²) < 4.78 is 11.8. The molecule has 5 rings (SSSR count). The van der Waals surface area contributed by atoms with Crippen LogP contribution < -0.4 is 14.9 Å². The summed E-state index contributed by atoms with van der Waals surface area (Å²) in [6.07, 6.45) is 1.44. The molecule has 0 saturated carbocycles. The number of carbonyl (C=O) groups excluding carboxylic acids is 2. The number of halogens is 1. The highest BCUT2D eigenvalue weighted by molar-refractivity contribution is 14.1. The van der Waals surface area contributed by atoms with Crippen LogP contribution in [-0.2, 0) is 0 Å². The van der Waals surface area contributed by atoms with Gasteiger partial charge in [-0.05, 0) is 70.1 Å². The molecule has 1 aromatic heterocycles. The van der Waals surface area contributed by atoms with Crippen molar-refractivity contribution in [3.05, 3.63) is 122 Å². The van der Waals surface area contributed by atoms with Gasteiger partial charge in [0, 0.05) is 26.7 Å². The van der Waals surface area contributed by atoms with Crippen molar-refractivity contribution in [3.63, 3.8) is 0 Å². The minimum absolute atomic E-state index is 0.134. The van der Waals surface area contributed by atoms with E-state index in [1.54, 1.807) is 12.1 Å². The van der Waals surface area contributed by atoms with Gasteiger partial charge in [0.05, 0.1) is 29.3 Å². The van der Waals surface area contributed by atoms with Crippen LogP contribution in [0.1, 0.15) is 26.4 Å². The number of carbonyl (C=O) groups is 2. The summed E-state index contributed by atoms with van der Waals surface area (Å²) in [5.74, 6) is -0.703. The number of methoxy groups -OCH3 is 1. The molecule has 0 aliphatic heterocycles. The van der Waals surface area contributed by atoms with Crippen LogP contribution in [0.4, 0.5) is 5.69 Å². The molecule has 4 aromatic carbocycles. The van der Waals surface area contributed by atoms with Crippen molar-refractivity contribution in [2.24, 2.45) is 5.10 Å². The van der Waals surface area contributed by atoms with Crippen molar-refractivity contribution in [1.82, 2.24) is 10.4 Å². The highest BCUT2D eigenvalue weighted by atomic mass is 127. The number of fused-ring (bicyclic) bond motifs is 1. The first kappa shape index (κ1) is 27.5. The summed E-state index contributed by atoms with van der Waals surface area (Å²) in [5, 5.41) is 15.9. The normalized spacial score (nSPS) is 11.0. The highest BCUT2D eigenvalue weighted by Crippen LogP contribution is 2.34. The lowest BCUT2D eigenvalue weighted by Gasteiger charge is -2.10. The van der Waals surface area contributed by atoms with Gasteiger partial charge >= 0.3 is 5.97 Å². The van der Waals surface area contributed by atoms with E-state index in [0.29, 0.717) is 11.3 Å². The van der Waals surface area contributed by atoms with Crippen LogP contribution in [-0.4, -0.2) is 35.1 Å². The number of para-hydroxylation sites is 1. The van der Waals surface area contributed by atoms with Gasteiger partial charge in [-0.25, -0.2) is 10.2 Å². The Labute approximate surface area is 247 Å². The molecule has 11 heteroatoms. The number of nitro benzene ring substituents is 1. The number of hydrogen-bond donors (Lipinski definition) is 2. The number of nitrogens with one attached hydrogen (secondary N) is 2. The molecule has 0 bridgehead atoms. The maximum atomic E-state index is 13.2. The summed E-state index contributed by atoms with van der Waals surface area (Å²) in [6, 6.07) is 25.4. The highest BCUT2D eigenvalue weighted by Gasteiger charge is 2.20. The fraction of sp³-hybridized carbons (Fsp3) is 0.0333. The van der Waals surface area contributed by atoms with Gasteiger partial charge in [0.2, 0.25) is 0 Å². The van der Waals surface area contributed by atoms with Gasteiger partial charge in [-0.1, -0.05) is 42.5 Å². The second kappa shape index (κ2) is 12.0. The SMILES string of the molecule is COc1cc(C=NNC(=O)c2[nH]c3c(I)cccc3c2-c2ccccc2)ccc1OC(=O)c1ccc([N+](=O)[O-])cc1. The van der Waals surface area contributed by atoms with Gasteiger partial charge in [0.25, 0.3) is 11.6 Å². The zero-order valence-electron chi connectivity index (χ0n) is 21.5. The van der Waals surface area contributed by atoms with Crippen LogP contribution in [0.25, 0.3) is 22.0 Å². The second-order valence-electron chi connectivity index (χ2n) is 8.71. The van der Waals surface area contributed by atoms with Gasteiger partial charge in [-0.15, -0.1) is 0 Å². The number of aromatic amines is 1. The van der Waals surface area contributed by atoms with Crippen molar-refractivity contribution < 1.29 is 24.0 Å². The molecule has 0 saturated heterocycles. The minimum Gasteiger partial charge on any atom is -0.493 e. The Kier molecular flexibility index (Phi) is 8.06. The molecule has 0 atom stereocenters. The molecule has 0 fully saturated rings. The predicted octanol–water partition coefficient (Wildman–Crippen LogP) is 6.34. The third-order valence-corrected chi connectivity index (χ3v) is 7.06. The number of non-ortho nitro benzene ring substituents is 1. The van der Waals surface area contributed by atoms with E-state index < -0.39 is 16.8 Å². The van der Waals surface area contributed by atoms with Gasteiger partial charge in [-0.2, -0.15) is 5.10 Å². The minimum atomic E-state index is -0.700. The number of benzene rings is 4. The Morgan fingerprint density at radius 3 is 2.44 bits per heavy atom. The van der Waals surface area contributed by atoms with E-state index in [9.17, 15) is 19.7 Å². The van der Waals surface area contributed by atoms with Gasteiger partial charge in [-0.3, -0.25) is 14.9 Å². The number of H-pyrrole nitrogens is 1. The first-order valence-electron chi connectivity index (χ1n) is 12.2. The van der Waals surface area contributed by atoms with Crippen LogP contribution in [0, 0.1) is 13.7 Å². The summed E-state index contributed by atoms with van der Waals surface area (Å²) in [6.45, 7) is 0. The smallest absolute Gasteiger partial charge is 0.343 e. The van der Waals surface area contributed by atoms with Gasteiger partial charge < -0.3 is 14.5 Å². The molecule has 0 spiro atoms. The van der Waals surface area contributed by atoms with Crippen molar-refractivity contribution in [1.29, 1.82) is 0 Å². The van der Waals surface area contributed by atoms with Crippen LogP contribution in [0.2, 0.25) is 0 Å². The Morgan fingerprint density at radius 2 is 1.73 bits per heavy atom. The first-order chi connectivity index (χ1) is 19.9. The van der Waals surface area contributed by atoms with E-state index in [-0.39, 0.29) is 22.7 Å². The first-order valence-corrected chi connectivity index (χ1v) is 13.3. The third kappa shape index (κ3) is 5.94. The number of rotatable bonds is 8. The number of aromatic nitrogens is 1. The molecule has 2 N–H and O–H groups in total. The zero-order valence-corrected chi connectivity index (χ0v) is 23.6. The number of nitro groups is 1. The molecule has 0 aliphatic carbocycles. The Morgan fingerprint density at radius 1 is 0.976 bits per heavy atom. The number of nitrogens with zero attached hydrogens (tertiary/aromatic N) is 2. The van der Waals surface area contributed by atoms with Crippen LogP contribution in [0.15, 0.2) is 96.1 Å². The Balaban J connectivity index is 1.33. The summed E-state index contributed by atoms with van der Waals surface area (Å²) >= 11 is 2.23. The topological polar surface area (TPSA) is 136 Å². The lowest BCUT2D eigenvalue weighted by molar-refractivity contribution is -0.384. The molecule has 0 aliphatic rings. The van der Waals surface area contributed by atoms with Crippen molar-refractivity contribution in [2.45, 2.75) is 0 Å². The summed E-state index contributed by atoms with van der Waals surface area (Å²) in [7, 11) is 1.42. The number of hydrazone groups is 1. The van der Waals surface area contributed by atoms with Crippen molar-refractivity contribution in [3.8, 4) is 22.6 Å². The standard InChI is InChI=1S/C30H21IN4O6/c1-40-25-16-18(10-15-24(25)41-30(37)20-11-13-21(14-12-20)35(38)39)17-32-34-29(36)28-26(19-6-3-2-4-7-19)22-8-5-9-23(31)27(22)33-28/h2-17,33H,1H3,(H,34,36). The summed E-state index contributed by atoms with van der Waals surface area (Å²) in [4.78, 5) is 39.3. The maximum Gasteiger partial charge on any atom is 0.343 e. The number of ether oxygens (including phenoxy) is 2. The largest absolute Gasteiger partial charge is 0.493 e. The average Bonchev–Trinajstić information content (AvgIpc) is 3.39. The number of hydrogen-bond acceptors (Lipinski definition) is 7. The monoisotopic (exact) mass is 660 g/mol. The molecule has 41 heavy (non-hydrogen) atoms. The van der Waals surface area contributed by atoms with E-state index >= 15 is 0 Å². The van der Waals surface area contributed by atoms with Gasteiger partial charge in [0.1, 0.15) is 5.69 Å². The van der Waals surface area contributed by atoms with E-state index in [4.69, 9.17) is 9.47 Å². The lowest BCUT2D eigenvalue weighted by Crippen LogP contribution is -2.18. The maximum absolute atomic E-state index is 13.2. The molecular weight excluding hydrogens is 639 g/mol. The molecule has 10 nitrogen and oxygen atoms in total. The molecule has 0 unspecified atom stereocenters. The van der Waals surface area contributed by atoms with E-state index in [1.807, 2.05) is 48.5 Å². The quantitative estimate of drug-likeness (QED) is 0.0498. The van der Waals surface area contributed by atoms with Crippen LogP contribution in [0.3, 0.4) is 0 Å². The molecular formula is C30H21IN4O6. The fourth-order valence-corrected chi connectivity index (χ4v) is 4.84. The molecule has 204 valence electrons. The van der Waals surface area contributed by atoms with Gasteiger partial charge in [0.15, 0.2) is 11.5 Å². The van der Waals surface area contributed by atoms with Crippen molar-refractivity contribution >= 4 is 57.3 Å². The second-order valence-corrected chi connectivity index (χ2v) is 9.87. The molecule has 5 aromatic rings. The van der Waals surface area contributed by atoms with Crippen LogP contribution in [0.5, 0.6) is 11.5 Å². The molecule has 1 heterocycles. The predicted molar refractivity (Wildman–Crippen MR) is 163 cm³/mol. The summed E-state index contributed by atoms with van der Waals surface area (Å²) in [5.41, 5.74) is 6.11. The Bertz CT molecular complexity index is 1800. The number of amides is 1. The average molecular weight is 660 g/mol. The van der Waals surface area contributed by atoms with Crippen molar-refractivity contribution in [2.75, 3.05) is 7.11 Å². The third-order valence-electron chi connectivity index (χ3n) is 6.16. The van der Waals surface area contributed by atoms with E-state index in [0.717, 1.165) is 25.6 Å². The zero-order chi connectivity index (χ0) is 28.9. The number of esters is 1. The molecule has 1 amide bonds. The Hall–Kier alpha value is -5.04. The lowest BCUT2D eigenvalue weighted by atomic mass is 10.0. The van der Waals surface area contributed by atoms with Crippen LogP contribution >= 0.6 is 22.6 Å². The fourth-order valence-electron chi connectivity index (χ4n) is 4.20. The molecule has 0 radical (unpaired) electrons.